The number of hydrogen-bond acceptors (Lipinski definition) is 5. The SMILES string of the molecule is Cc1ccc(-c2noc(CN(CCO)C(C)C)n2)cc1. The summed E-state index contributed by atoms with van der Waals surface area (Å²) in [6.45, 7) is 7.47. The van der Waals surface area contributed by atoms with E-state index in [4.69, 9.17) is 9.63 Å². The summed E-state index contributed by atoms with van der Waals surface area (Å²) < 4.78 is 5.29. The highest BCUT2D eigenvalue weighted by Gasteiger charge is 2.15. The van der Waals surface area contributed by atoms with Crippen molar-refractivity contribution < 1.29 is 9.63 Å². The van der Waals surface area contributed by atoms with Gasteiger partial charge in [-0.25, -0.2) is 0 Å². The van der Waals surface area contributed by atoms with Crippen molar-refractivity contribution in [2.75, 3.05) is 13.2 Å². The molecule has 1 N–H and O–H groups in total. The van der Waals surface area contributed by atoms with Crippen molar-refractivity contribution in [1.82, 2.24) is 15.0 Å². The highest BCUT2D eigenvalue weighted by atomic mass is 16.5. The topological polar surface area (TPSA) is 62.4 Å². The summed E-state index contributed by atoms with van der Waals surface area (Å²) in [5.74, 6) is 1.18. The first-order valence-electron chi connectivity index (χ1n) is 6.84. The lowest BCUT2D eigenvalue weighted by molar-refractivity contribution is 0.144. The smallest absolute Gasteiger partial charge is 0.241 e. The summed E-state index contributed by atoms with van der Waals surface area (Å²) in [5, 5.41) is 13.1. The molecule has 5 heteroatoms. The molecule has 0 saturated heterocycles. The monoisotopic (exact) mass is 275 g/mol. The van der Waals surface area contributed by atoms with E-state index in [0.717, 1.165) is 5.56 Å². The predicted octanol–water partition coefficient (Wildman–Crippen LogP) is 2.25. The summed E-state index contributed by atoms with van der Waals surface area (Å²) in [5.41, 5.74) is 2.15. The molecule has 0 amide bonds. The maximum absolute atomic E-state index is 9.06. The van der Waals surface area contributed by atoms with Gasteiger partial charge in [0.1, 0.15) is 0 Å². The van der Waals surface area contributed by atoms with Crippen LogP contribution in [0.2, 0.25) is 0 Å². The normalized spacial score (nSPS) is 11.5. The highest BCUT2D eigenvalue weighted by Crippen LogP contribution is 2.17. The minimum Gasteiger partial charge on any atom is -0.395 e. The van der Waals surface area contributed by atoms with E-state index in [1.165, 1.54) is 5.56 Å². The van der Waals surface area contributed by atoms with E-state index in [1.54, 1.807) is 0 Å². The molecule has 0 bridgehead atoms. The Balaban J connectivity index is 2.10. The first-order chi connectivity index (χ1) is 9.60. The Labute approximate surface area is 119 Å². The average molecular weight is 275 g/mol. The van der Waals surface area contributed by atoms with Crippen LogP contribution in [0.3, 0.4) is 0 Å². The molecule has 0 unspecified atom stereocenters. The molecule has 0 aliphatic heterocycles. The van der Waals surface area contributed by atoms with Gasteiger partial charge in [0.15, 0.2) is 0 Å². The molecule has 1 heterocycles. The van der Waals surface area contributed by atoms with Crippen LogP contribution < -0.4 is 0 Å². The lowest BCUT2D eigenvalue weighted by atomic mass is 10.1. The third-order valence-corrected chi connectivity index (χ3v) is 3.23. The van der Waals surface area contributed by atoms with Gasteiger partial charge in [0.25, 0.3) is 0 Å². The van der Waals surface area contributed by atoms with E-state index < -0.39 is 0 Å². The second kappa shape index (κ2) is 6.63. The third-order valence-electron chi connectivity index (χ3n) is 3.23. The summed E-state index contributed by atoms with van der Waals surface area (Å²) >= 11 is 0. The maximum atomic E-state index is 9.06. The van der Waals surface area contributed by atoms with Crippen molar-refractivity contribution >= 4 is 0 Å². The van der Waals surface area contributed by atoms with Crippen LogP contribution in [0.4, 0.5) is 0 Å². The summed E-state index contributed by atoms with van der Waals surface area (Å²) in [6.07, 6.45) is 0. The van der Waals surface area contributed by atoms with Gasteiger partial charge in [0.2, 0.25) is 11.7 Å². The second-order valence-electron chi connectivity index (χ2n) is 5.17. The van der Waals surface area contributed by atoms with Crippen LogP contribution in [0.25, 0.3) is 11.4 Å². The fourth-order valence-corrected chi connectivity index (χ4v) is 1.96. The number of aromatic nitrogens is 2. The molecule has 108 valence electrons. The van der Waals surface area contributed by atoms with Gasteiger partial charge in [-0.1, -0.05) is 35.0 Å². The lowest BCUT2D eigenvalue weighted by Crippen LogP contribution is -2.33. The minimum atomic E-state index is 0.122. The Kier molecular flexibility index (Phi) is 4.87. The number of aliphatic hydroxyl groups excluding tert-OH is 1. The fourth-order valence-electron chi connectivity index (χ4n) is 1.96. The molecule has 2 aromatic rings. The summed E-state index contributed by atoms with van der Waals surface area (Å²) in [6, 6.07) is 8.34. The van der Waals surface area contributed by atoms with E-state index in [0.29, 0.717) is 30.8 Å². The predicted molar refractivity (Wildman–Crippen MR) is 77.1 cm³/mol. The molecule has 20 heavy (non-hydrogen) atoms. The van der Waals surface area contributed by atoms with Crippen molar-refractivity contribution in [3.63, 3.8) is 0 Å². The number of rotatable bonds is 6. The Hall–Kier alpha value is -1.72. The molecule has 0 radical (unpaired) electrons. The van der Waals surface area contributed by atoms with E-state index in [2.05, 4.69) is 28.9 Å². The molecule has 5 nitrogen and oxygen atoms in total. The summed E-state index contributed by atoms with van der Waals surface area (Å²) in [4.78, 5) is 6.50. The first-order valence-corrected chi connectivity index (χ1v) is 6.84. The molecule has 0 aliphatic carbocycles. The largest absolute Gasteiger partial charge is 0.395 e. The van der Waals surface area contributed by atoms with Gasteiger partial charge in [-0.05, 0) is 20.8 Å². The van der Waals surface area contributed by atoms with Gasteiger partial charge < -0.3 is 9.63 Å². The lowest BCUT2D eigenvalue weighted by Gasteiger charge is -2.23. The van der Waals surface area contributed by atoms with Gasteiger partial charge in [-0.3, -0.25) is 4.90 Å². The van der Waals surface area contributed by atoms with Crippen molar-refractivity contribution in [3.05, 3.63) is 35.7 Å². The molecule has 0 fully saturated rings. The van der Waals surface area contributed by atoms with Crippen LogP contribution in [0.5, 0.6) is 0 Å². The van der Waals surface area contributed by atoms with Gasteiger partial charge >= 0.3 is 0 Å². The Bertz CT molecular complexity index is 534. The van der Waals surface area contributed by atoms with Crippen LogP contribution >= 0.6 is 0 Å². The quantitative estimate of drug-likeness (QED) is 0.876. The van der Waals surface area contributed by atoms with Crippen molar-refractivity contribution in [2.45, 2.75) is 33.4 Å². The van der Waals surface area contributed by atoms with Crippen molar-refractivity contribution in [2.24, 2.45) is 0 Å². The molecule has 0 spiro atoms. The van der Waals surface area contributed by atoms with Gasteiger partial charge in [-0.2, -0.15) is 4.98 Å². The standard InChI is InChI=1S/C15H21N3O2/c1-11(2)18(8-9-19)10-14-16-15(17-20-14)13-6-4-12(3)5-7-13/h4-7,11,19H,8-10H2,1-3H3. The van der Waals surface area contributed by atoms with Crippen molar-refractivity contribution in [1.29, 1.82) is 0 Å². The fraction of sp³-hybridized carbons (Fsp3) is 0.467. The van der Waals surface area contributed by atoms with Crippen molar-refractivity contribution in [3.8, 4) is 11.4 Å². The third kappa shape index (κ3) is 3.65. The Morgan fingerprint density at radius 1 is 1.25 bits per heavy atom. The molecular formula is C15H21N3O2. The highest BCUT2D eigenvalue weighted by molar-refractivity contribution is 5.54. The number of aliphatic hydroxyl groups is 1. The number of nitrogens with zero attached hydrogens (tertiary/aromatic N) is 3. The van der Waals surface area contributed by atoms with Crippen LogP contribution in [-0.2, 0) is 6.54 Å². The van der Waals surface area contributed by atoms with Crippen LogP contribution in [0.15, 0.2) is 28.8 Å². The number of hydrogen-bond donors (Lipinski definition) is 1. The molecule has 1 aromatic carbocycles. The van der Waals surface area contributed by atoms with E-state index in [-0.39, 0.29) is 6.61 Å². The van der Waals surface area contributed by atoms with E-state index >= 15 is 0 Å². The van der Waals surface area contributed by atoms with Crippen LogP contribution in [0, 0.1) is 6.92 Å². The molecule has 2 rings (SSSR count). The van der Waals surface area contributed by atoms with E-state index in [1.807, 2.05) is 31.2 Å². The zero-order chi connectivity index (χ0) is 14.5. The zero-order valence-electron chi connectivity index (χ0n) is 12.2. The van der Waals surface area contributed by atoms with Gasteiger partial charge in [-0.15, -0.1) is 0 Å². The molecule has 0 aliphatic rings. The second-order valence-corrected chi connectivity index (χ2v) is 5.17. The molecule has 0 atom stereocenters. The van der Waals surface area contributed by atoms with Crippen LogP contribution in [0.1, 0.15) is 25.3 Å². The number of aryl methyl sites for hydroxylation is 1. The number of benzene rings is 1. The molecule has 0 saturated carbocycles. The van der Waals surface area contributed by atoms with E-state index in [9.17, 15) is 0 Å². The maximum Gasteiger partial charge on any atom is 0.241 e. The average Bonchev–Trinajstić information content (AvgIpc) is 2.87. The Morgan fingerprint density at radius 3 is 2.55 bits per heavy atom. The van der Waals surface area contributed by atoms with Crippen LogP contribution in [-0.4, -0.2) is 39.3 Å². The minimum absolute atomic E-state index is 0.122. The Morgan fingerprint density at radius 2 is 1.95 bits per heavy atom. The van der Waals surface area contributed by atoms with Gasteiger partial charge in [0, 0.05) is 18.2 Å². The molecular weight excluding hydrogens is 254 g/mol. The van der Waals surface area contributed by atoms with Gasteiger partial charge in [0.05, 0.1) is 13.2 Å². The molecule has 1 aromatic heterocycles. The first kappa shape index (κ1) is 14.7. The zero-order valence-corrected chi connectivity index (χ0v) is 12.2. The summed E-state index contributed by atoms with van der Waals surface area (Å²) in [7, 11) is 0.